The zero-order valence-corrected chi connectivity index (χ0v) is 9.14. The Balaban J connectivity index is 5.76. The largest absolute Gasteiger partial charge is 0.481 e. The lowest BCUT2D eigenvalue weighted by molar-refractivity contribution is -0.153. The van der Waals surface area contributed by atoms with Crippen LogP contribution in [0.2, 0.25) is 0 Å². The van der Waals surface area contributed by atoms with Crippen LogP contribution >= 0.6 is 0 Å². The fourth-order valence-electron chi connectivity index (χ4n) is 0.858. The van der Waals surface area contributed by atoms with Crippen molar-refractivity contribution >= 4 is 17.9 Å². The first kappa shape index (κ1) is 8.55. The van der Waals surface area contributed by atoms with Crippen LogP contribution in [0.4, 0.5) is 0 Å². The van der Waals surface area contributed by atoms with Crippen molar-refractivity contribution in [2.75, 3.05) is 13.7 Å². The van der Waals surface area contributed by atoms with Crippen molar-refractivity contribution in [2.45, 2.75) is 20.2 Å². The molecule has 0 saturated heterocycles. The lowest BCUT2D eigenvalue weighted by Crippen LogP contribution is -2.28. The summed E-state index contributed by atoms with van der Waals surface area (Å²) in [6.45, 7) is -1.02. The number of methoxy groups -OCH3 is 1. The molecule has 0 bridgehead atoms. The summed E-state index contributed by atoms with van der Waals surface area (Å²) >= 11 is 0. The minimum absolute atomic E-state index is 0.883. The van der Waals surface area contributed by atoms with Gasteiger partial charge in [0, 0.05) is 15.6 Å². The molecule has 0 aromatic rings. The maximum Gasteiger partial charge on any atom is 0.308 e. The van der Waals surface area contributed by atoms with Crippen molar-refractivity contribution in [3.05, 3.63) is 0 Å². The van der Waals surface area contributed by atoms with E-state index < -0.39 is 42.7 Å². The molecule has 0 aliphatic carbocycles. The fraction of sp³-hybridized carbons (Fsp3) is 0.700. The molecular formula is C10H16O6. The second-order valence-corrected chi connectivity index (χ2v) is 2.95. The van der Waals surface area contributed by atoms with E-state index >= 15 is 0 Å². The first-order valence-electron chi connectivity index (χ1n) is 6.38. The Hall–Kier alpha value is -1.59. The first-order chi connectivity index (χ1) is 8.87. The van der Waals surface area contributed by atoms with Gasteiger partial charge in [-0.3, -0.25) is 14.4 Å². The monoisotopic (exact) mass is 236 g/mol. The molecule has 6 nitrogen and oxygen atoms in total. The summed E-state index contributed by atoms with van der Waals surface area (Å²) in [5, 5.41) is 8.88. The SMILES string of the molecule is [2H]C([2H])(OC(C)=O)[C@H](C(C)C(=O)OC)C([2H])([2H])C(=O)O. The lowest BCUT2D eigenvalue weighted by atomic mass is 9.92. The van der Waals surface area contributed by atoms with Crippen LogP contribution in [0.1, 0.15) is 25.7 Å². The third-order valence-corrected chi connectivity index (χ3v) is 1.68. The van der Waals surface area contributed by atoms with E-state index in [0.29, 0.717) is 0 Å². The summed E-state index contributed by atoms with van der Waals surface area (Å²) in [5.74, 6) is -7.63. The quantitative estimate of drug-likeness (QED) is 0.673. The van der Waals surface area contributed by atoms with Gasteiger partial charge in [0.15, 0.2) is 0 Å². The van der Waals surface area contributed by atoms with E-state index in [1.807, 2.05) is 0 Å². The predicted octanol–water partition coefficient (Wildman–Crippen LogP) is 0.450. The van der Waals surface area contributed by atoms with Gasteiger partial charge in [-0.15, -0.1) is 0 Å². The molecule has 0 aliphatic rings. The number of ether oxygens (including phenoxy) is 2. The maximum atomic E-state index is 11.5. The average Bonchev–Trinajstić information content (AvgIpc) is 2.24. The minimum atomic E-state index is -3.15. The van der Waals surface area contributed by atoms with Gasteiger partial charge < -0.3 is 14.6 Å². The van der Waals surface area contributed by atoms with Crippen molar-refractivity contribution < 1.29 is 34.4 Å². The van der Waals surface area contributed by atoms with E-state index in [1.165, 1.54) is 0 Å². The normalized spacial score (nSPS) is 19.2. The van der Waals surface area contributed by atoms with Gasteiger partial charge in [0.05, 0.1) is 28.7 Å². The van der Waals surface area contributed by atoms with Gasteiger partial charge in [0.25, 0.3) is 0 Å². The molecule has 92 valence electrons. The van der Waals surface area contributed by atoms with Crippen LogP contribution in [-0.4, -0.2) is 36.7 Å². The zero-order chi connectivity index (χ0) is 16.3. The number of carbonyl (C=O) groups is 3. The lowest BCUT2D eigenvalue weighted by Gasteiger charge is -2.19. The van der Waals surface area contributed by atoms with Gasteiger partial charge in [-0.05, 0) is 0 Å². The van der Waals surface area contributed by atoms with E-state index in [-0.39, 0.29) is 0 Å². The molecule has 0 fully saturated rings. The van der Waals surface area contributed by atoms with Gasteiger partial charge in [0.1, 0.15) is 0 Å². The van der Waals surface area contributed by atoms with Crippen LogP contribution in [0, 0.1) is 11.8 Å². The summed E-state index contributed by atoms with van der Waals surface area (Å²) in [4.78, 5) is 33.3. The second-order valence-electron chi connectivity index (χ2n) is 2.95. The number of hydrogen-bond acceptors (Lipinski definition) is 5. The third-order valence-electron chi connectivity index (χ3n) is 1.68. The van der Waals surface area contributed by atoms with Crippen LogP contribution in [0.15, 0.2) is 0 Å². The molecular weight excluding hydrogens is 216 g/mol. The van der Waals surface area contributed by atoms with Crippen molar-refractivity contribution in [1.29, 1.82) is 0 Å². The first-order valence-corrected chi connectivity index (χ1v) is 4.38. The Labute approximate surface area is 99.1 Å². The zero-order valence-electron chi connectivity index (χ0n) is 13.1. The number of hydrogen-bond donors (Lipinski definition) is 1. The van der Waals surface area contributed by atoms with Crippen molar-refractivity contribution in [1.82, 2.24) is 0 Å². The number of rotatable bonds is 6. The van der Waals surface area contributed by atoms with Crippen LogP contribution < -0.4 is 0 Å². The Morgan fingerprint density at radius 2 is 2.00 bits per heavy atom. The number of carboxylic acids is 1. The van der Waals surface area contributed by atoms with Gasteiger partial charge in [-0.2, -0.15) is 0 Å². The summed E-state index contributed by atoms with van der Waals surface area (Å²) in [5.41, 5.74) is 0. The maximum absolute atomic E-state index is 11.5. The fourth-order valence-corrected chi connectivity index (χ4v) is 0.858. The van der Waals surface area contributed by atoms with Crippen LogP contribution in [0.3, 0.4) is 0 Å². The van der Waals surface area contributed by atoms with E-state index in [0.717, 1.165) is 21.0 Å². The van der Waals surface area contributed by atoms with E-state index in [9.17, 15) is 14.4 Å². The van der Waals surface area contributed by atoms with Crippen LogP contribution in [-0.2, 0) is 23.9 Å². The van der Waals surface area contributed by atoms with Crippen LogP contribution in [0.25, 0.3) is 0 Å². The highest BCUT2D eigenvalue weighted by Gasteiger charge is 2.27. The van der Waals surface area contributed by atoms with E-state index in [4.69, 9.17) is 10.6 Å². The molecule has 1 unspecified atom stereocenters. The summed E-state index contributed by atoms with van der Waals surface area (Å²) in [6.07, 6.45) is -3.15. The van der Waals surface area contributed by atoms with Gasteiger partial charge in [-0.1, -0.05) is 6.92 Å². The topological polar surface area (TPSA) is 89.9 Å². The van der Waals surface area contributed by atoms with E-state index in [2.05, 4.69) is 9.47 Å². The summed E-state index contributed by atoms with van der Waals surface area (Å²) < 4.78 is 38.8. The Kier molecular flexibility index (Phi) is 3.64. The molecule has 16 heavy (non-hydrogen) atoms. The molecule has 6 heteroatoms. The third kappa shape index (κ3) is 5.33. The highest BCUT2D eigenvalue weighted by atomic mass is 16.5. The number of carboxylic acid groups (broad SMARTS) is 1. The molecule has 0 aromatic heterocycles. The Morgan fingerprint density at radius 3 is 2.38 bits per heavy atom. The summed E-state index contributed by atoms with van der Waals surface area (Å²) in [6, 6.07) is 0. The molecule has 0 amide bonds. The Morgan fingerprint density at radius 1 is 1.44 bits per heavy atom. The second kappa shape index (κ2) is 6.81. The smallest absolute Gasteiger partial charge is 0.308 e. The average molecular weight is 236 g/mol. The molecule has 0 rings (SSSR count). The number of aliphatic carboxylic acids is 1. The van der Waals surface area contributed by atoms with Crippen molar-refractivity contribution in [3.63, 3.8) is 0 Å². The summed E-state index contributed by atoms with van der Waals surface area (Å²) in [7, 11) is 0.994. The molecule has 0 aliphatic heterocycles. The number of esters is 2. The van der Waals surface area contributed by atoms with Crippen molar-refractivity contribution in [3.8, 4) is 0 Å². The minimum Gasteiger partial charge on any atom is -0.481 e. The molecule has 0 heterocycles. The predicted molar refractivity (Wildman–Crippen MR) is 53.6 cm³/mol. The highest BCUT2D eigenvalue weighted by Crippen LogP contribution is 2.18. The standard InChI is InChI=1S/C10H16O6/c1-6(10(14)15-3)8(4-9(12)13)5-16-7(2)11/h6,8H,4-5H2,1-3H3,(H,12,13)/t6?,8-/m1/s1/i4D2,5D2. The molecule has 2 atom stereocenters. The van der Waals surface area contributed by atoms with Crippen molar-refractivity contribution in [2.24, 2.45) is 11.8 Å². The van der Waals surface area contributed by atoms with Crippen LogP contribution in [0.5, 0.6) is 0 Å². The van der Waals surface area contributed by atoms with Gasteiger partial charge in [0.2, 0.25) is 0 Å². The Bertz CT molecular complexity index is 409. The molecule has 0 aromatic carbocycles. The van der Waals surface area contributed by atoms with Gasteiger partial charge in [-0.25, -0.2) is 0 Å². The van der Waals surface area contributed by atoms with E-state index in [1.54, 1.807) is 0 Å². The molecule has 0 radical (unpaired) electrons. The highest BCUT2D eigenvalue weighted by molar-refractivity contribution is 5.74. The number of carbonyl (C=O) groups excluding carboxylic acids is 2. The molecule has 0 saturated carbocycles. The van der Waals surface area contributed by atoms with Gasteiger partial charge >= 0.3 is 17.9 Å². The molecule has 0 spiro atoms. The molecule has 1 N–H and O–H groups in total.